The van der Waals surface area contributed by atoms with Crippen molar-refractivity contribution in [2.75, 3.05) is 12.4 Å². The molecule has 0 unspecified atom stereocenters. The van der Waals surface area contributed by atoms with Crippen LogP contribution in [-0.4, -0.2) is 16.9 Å². The van der Waals surface area contributed by atoms with Crippen molar-refractivity contribution in [1.82, 2.24) is 9.78 Å². The summed E-state index contributed by atoms with van der Waals surface area (Å²) in [5, 5.41) is 8.43. The molecule has 0 fully saturated rings. The zero-order chi connectivity index (χ0) is 14.7. The van der Waals surface area contributed by atoms with Gasteiger partial charge in [-0.3, -0.25) is 0 Å². The van der Waals surface area contributed by atoms with Crippen molar-refractivity contribution in [2.24, 2.45) is 0 Å². The molecule has 0 aliphatic carbocycles. The Labute approximate surface area is 127 Å². The first-order valence-electron chi connectivity index (χ1n) is 6.47. The van der Waals surface area contributed by atoms with Crippen molar-refractivity contribution < 1.29 is 4.74 Å². The van der Waals surface area contributed by atoms with Crippen molar-refractivity contribution in [3.63, 3.8) is 0 Å². The number of rotatable bonds is 4. The summed E-state index contributed by atoms with van der Waals surface area (Å²) < 4.78 is 6.93. The van der Waals surface area contributed by atoms with Gasteiger partial charge >= 0.3 is 0 Å². The number of methoxy groups -OCH3 is 1. The predicted octanol–water partition coefficient (Wildman–Crippen LogP) is 4.28. The van der Waals surface area contributed by atoms with Gasteiger partial charge in [0.1, 0.15) is 5.75 Å². The van der Waals surface area contributed by atoms with Crippen molar-refractivity contribution >= 4 is 23.1 Å². The molecule has 21 heavy (non-hydrogen) atoms. The fourth-order valence-corrected chi connectivity index (χ4v) is 2.08. The van der Waals surface area contributed by atoms with Gasteiger partial charge in [0.05, 0.1) is 12.8 Å². The van der Waals surface area contributed by atoms with Crippen molar-refractivity contribution in [3.05, 3.63) is 65.8 Å². The SMILES string of the molecule is COc1ccc(Nc2ccn(-c3ccc(Cl)cc3)n2)cc1. The van der Waals surface area contributed by atoms with E-state index in [-0.39, 0.29) is 0 Å². The number of hydrogen-bond acceptors (Lipinski definition) is 3. The summed E-state index contributed by atoms with van der Waals surface area (Å²) in [6, 6.07) is 17.1. The molecule has 0 radical (unpaired) electrons. The summed E-state index contributed by atoms with van der Waals surface area (Å²) in [5.74, 6) is 1.60. The zero-order valence-electron chi connectivity index (χ0n) is 11.5. The van der Waals surface area contributed by atoms with Gasteiger partial charge in [0.25, 0.3) is 0 Å². The van der Waals surface area contributed by atoms with Crippen LogP contribution in [0.1, 0.15) is 0 Å². The predicted molar refractivity (Wildman–Crippen MR) is 84.9 cm³/mol. The largest absolute Gasteiger partial charge is 0.497 e. The molecule has 0 saturated heterocycles. The van der Waals surface area contributed by atoms with Crippen LogP contribution < -0.4 is 10.1 Å². The van der Waals surface area contributed by atoms with Gasteiger partial charge in [-0.05, 0) is 48.5 Å². The van der Waals surface area contributed by atoms with Crippen LogP contribution >= 0.6 is 11.6 Å². The lowest BCUT2D eigenvalue weighted by molar-refractivity contribution is 0.415. The molecule has 1 heterocycles. The molecule has 1 aromatic heterocycles. The number of nitrogens with one attached hydrogen (secondary N) is 1. The third kappa shape index (κ3) is 3.17. The van der Waals surface area contributed by atoms with Crippen LogP contribution in [0.3, 0.4) is 0 Å². The first-order valence-corrected chi connectivity index (χ1v) is 6.85. The second-order valence-corrected chi connectivity index (χ2v) is 4.91. The molecule has 0 saturated carbocycles. The average molecular weight is 300 g/mol. The highest BCUT2D eigenvalue weighted by Gasteiger charge is 2.02. The number of aromatic nitrogens is 2. The monoisotopic (exact) mass is 299 g/mol. The Hall–Kier alpha value is -2.46. The van der Waals surface area contributed by atoms with E-state index in [1.807, 2.05) is 60.8 Å². The molecular weight excluding hydrogens is 286 g/mol. The third-order valence-corrected chi connectivity index (χ3v) is 3.29. The van der Waals surface area contributed by atoms with Crippen molar-refractivity contribution in [1.29, 1.82) is 0 Å². The lowest BCUT2D eigenvalue weighted by atomic mass is 10.3. The third-order valence-electron chi connectivity index (χ3n) is 3.04. The minimum atomic E-state index is 0.711. The summed E-state index contributed by atoms with van der Waals surface area (Å²) in [6.45, 7) is 0. The van der Waals surface area contributed by atoms with Gasteiger partial charge in [-0.1, -0.05) is 11.6 Å². The Kier molecular flexibility index (Phi) is 3.79. The average Bonchev–Trinajstić information content (AvgIpc) is 2.97. The Bertz CT molecular complexity index is 720. The Morgan fingerprint density at radius 2 is 1.71 bits per heavy atom. The maximum Gasteiger partial charge on any atom is 0.152 e. The molecule has 1 N–H and O–H groups in total. The van der Waals surface area contributed by atoms with Crippen LogP contribution in [0, 0.1) is 0 Å². The molecule has 3 aromatic rings. The first kappa shape index (κ1) is 13.5. The molecule has 0 atom stereocenters. The first-order chi connectivity index (χ1) is 10.2. The fourth-order valence-electron chi connectivity index (χ4n) is 1.95. The van der Waals surface area contributed by atoms with Crippen LogP contribution in [-0.2, 0) is 0 Å². The summed E-state index contributed by atoms with van der Waals surface area (Å²) >= 11 is 5.88. The molecule has 3 rings (SSSR count). The molecule has 0 aliphatic heterocycles. The molecule has 0 aliphatic rings. The molecule has 0 amide bonds. The summed E-state index contributed by atoms with van der Waals surface area (Å²) in [4.78, 5) is 0. The molecular formula is C16H14ClN3O. The highest BCUT2D eigenvalue weighted by atomic mass is 35.5. The van der Waals surface area contributed by atoms with Gasteiger partial charge in [-0.15, -0.1) is 0 Å². The topological polar surface area (TPSA) is 39.1 Å². The number of benzene rings is 2. The number of nitrogens with zero attached hydrogens (tertiary/aromatic N) is 2. The van der Waals surface area contributed by atoms with E-state index >= 15 is 0 Å². The second kappa shape index (κ2) is 5.89. The van der Waals surface area contributed by atoms with Gasteiger partial charge in [-0.25, -0.2) is 4.68 Å². The normalized spacial score (nSPS) is 10.4. The quantitative estimate of drug-likeness (QED) is 0.781. The fraction of sp³-hybridized carbons (Fsp3) is 0.0625. The Morgan fingerprint density at radius 1 is 1.00 bits per heavy atom. The molecule has 5 heteroatoms. The van der Waals surface area contributed by atoms with Gasteiger partial charge in [0.15, 0.2) is 5.82 Å². The summed E-state index contributed by atoms with van der Waals surface area (Å²) in [5.41, 5.74) is 1.92. The van der Waals surface area contributed by atoms with Gasteiger partial charge < -0.3 is 10.1 Å². The maximum absolute atomic E-state index is 5.88. The highest BCUT2D eigenvalue weighted by molar-refractivity contribution is 6.30. The minimum Gasteiger partial charge on any atom is -0.497 e. The van der Waals surface area contributed by atoms with E-state index in [0.29, 0.717) is 5.02 Å². The second-order valence-electron chi connectivity index (χ2n) is 4.48. The number of anilines is 2. The van der Waals surface area contributed by atoms with E-state index in [1.54, 1.807) is 11.8 Å². The van der Waals surface area contributed by atoms with Gasteiger partial charge in [0.2, 0.25) is 0 Å². The lowest BCUT2D eigenvalue weighted by Crippen LogP contribution is -1.96. The number of ether oxygens (including phenoxy) is 1. The Morgan fingerprint density at radius 3 is 2.38 bits per heavy atom. The molecule has 2 aromatic carbocycles. The zero-order valence-corrected chi connectivity index (χ0v) is 12.2. The van der Waals surface area contributed by atoms with Gasteiger partial charge in [0, 0.05) is 23.0 Å². The maximum atomic E-state index is 5.88. The standard InChI is InChI=1S/C16H14ClN3O/c1-21-15-8-4-13(5-9-15)18-16-10-11-20(19-16)14-6-2-12(17)3-7-14/h2-11H,1H3,(H,18,19). The molecule has 0 spiro atoms. The van der Waals surface area contributed by atoms with Crippen LogP contribution in [0.25, 0.3) is 5.69 Å². The van der Waals surface area contributed by atoms with Crippen LogP contribution in [0.2, 0.25) is 5.02 Å². The van der Waals surface area contributed by atoms with E-state index < -0.39 is 0 Å². The Balaban J connectivity index is 1.76. The number of halogens is 1. The van der Waals surface area contributed by atoms with Crippen molar-refractivity contribution in [2.45, 2.75) is 0 Å². The van der Waals surface area contributed by atoms with Crippen LogP contribution in [0.4, 0.5) is 11.5 Å². The smallest absolute Gasteiger partial charge is 0.152 e. The van der Waals surface area contributed by atoms with Crippen molar-refractivity contribution in [3.8, 4) is 11.4 Å². The van der Waals surface area contributed by atoms with E-state index in [0.717, 1.165) is 22.9 Å². The van der Waals surface area contributed by atoms with Gasteiger partial charge in [-0.2, -0.15) is 5.10 Å². The van der Waals surface area contributed by atoms with Crippen LogP contribution in [0.5, 0.6) is 5.75 Å². The summed E-state index contributed by atoms with van der Waals surface area (Å²) in [6.07, 6.45) is 1.90. The highest BCUT2D eigenvalue weighted by Crippen LogP contribution is 2.20. The molecule has 4 nitrogen and oxygen atoms in total. The van der Waals surface area contributed by atoms with E-state index in [2.05, 4.69) is 10.4 Å². The van der Waals surface area contributed by atoms with E-state index in [9.17, 15) is 0 Å². The molecule has 106 valence electrons. The lowest BCUT2D eigenvalue weighted by Gasteiger charge is -2.05. The minimum absolute atomic E-state index is 0.711. The summed E-state index contributed by atoms with van der Waals surface area (Å²) in [7, 11) is 1.65. The van der Waals surface area contributed by atoms with E-state index in [1.165, 1.54) is 0 Å². The number of hydrogen-bond donors (Lipinski definition) is 1. The van der Waals surface area contributed by atoms with Crippen LogP contribution in [0.15, 0.2) is 60.8 Å². The molecule has 0 bridgehead atoms. The van der Waals surface area contributed by atoms with E-state index in [4.69, 9.17) is 16.3 Å².